The molecule has 0 spiro atoms. The molecular formula is C22H22N6OS2. The van der Waals surface area contributed by atoms with Crippen molar-refractivity contribution in [3.05, 3.63) is 65.5 Å². The zero-order chi connectivity index (χ0) is 21.6. The van der Waals surface area contributed by atoms with E-state index in [1.165, 1.54) is 28.7 Å². The first-order chi connectivity index (χ1) is 15.1. The summed E-state index contributed by atoms with van der Waals surface area (Å²) in [6.07, 6.45) is 1.06. The highest BCUT2D eigenvalue weighted by molar-refractivity contribution is 7.99. The van der Waals surface area contributed by atoms with Crippen molar-refractivity contribution in [3.63, 3.8) is 0 Å². The molecule has 0 saturated heterocycles. The lowest BCUT2D eigenvalue weighted by atomic mass is 10.0. The van der Waals surface area contributed by atoms with Gasteiger partial charge in [0.2, 0.25) is 11.1 Å². The number of nitrogens with zero attached hydrogens (tertiary/aromatic N) is 5. The van der Waals surface area contributed by atoms with Crippen LogP contribution in [0.4, 0.5) is 5.13 Å². The number of aromatic nitrogens is 5. The molecule has 4 aromatic rings. The van der Waals surface area contributed by atoms with Crippen LogP contribution >= 0.6 is 23.1 Å². The van der Waals surface area contributed by atoms with E-state index in [-0.39, 0.29) is 11.7 Å². The van der Waals surface area contributed by atoms with Gasteiger partial charge >= 0.3 is 0 Å². The maximum atomic E-state index is 12.4. The number of hydrogen-bond donors (Lipinski definition) is 1. The lowest BCUT2D eigenvalue weighted by Gasteiger charge is -2.05. The summed E-state index contributed by atoms with van der Waals surface area (Å²) in [6.45, 7) is 4.42. The van der Waals surface area contributed by atoms with Crippen LogP contribution in [0.5, 0.6) is 0 Å². The maximum Gasteiger partial charge on any atom is 0.236 e. The van der Waals surface area contributed by atoms with Crippen LogP contribution < -0.4 is 5.32 Å². The van der Waals surface area contributed by atoms with Crippen LogP contribution in [0.2, 0.25) is 0 Å². The normalized spacial score (nSPS) is 11.1. The van der Waals surface area contributed by atoms with Crippen LogP contribution in [0.25, 0.3) is 16.9 Å². The number of carbonyl (C=O) groups is 1. The molecule has 0 unspecified atom stereocenters. The molecule has 0 bridgehead atoms. The van der Waals surface area contributed by atoms with Gasteiger partial charge in [0.05, 0.1) is 17.1 Å². The van der Waals surface area contributed by atoms with Crippen molar-refractivity contribution in [1.82, 2.24) is 25.2 Å². The molecule has 9 heteroatoms. The second-order valence-corrected chi connectivity index (χ2v) is 9.18. The summed E-state index contributed by atoms with van der Waals surface area (Å²) in [5, 5.41) is 17.7. The minimum Gasteiger partial charge on any atom is -0.301 e. The smallest absolute Gasteiger partial charge is 0.236 e. The van der Waals surface area contributed by atoms with Crippen LogP contribution in [-0.2, 0) is 11.2 Å². The second-order valence-electron chi connectivity index (χ2n) is 7.38. The molecule has 1 amide bonds. The van der Waals surface area contributed by atoms with Gasteiger partial charge in [-0.25, -0.2) is 4.98 Å². The Hall–Kier alpha value is -3.04. The van der Waals surface area contributed by atoms with Gasteiger partial charge < -0.3 is 5.32 Å². The van der Waals surface area contributed by atoms with E-state index in [2.05, 4.69) is 63.9 Å². The van der Waals surface area contributed by atoms with E-state index in [1.807, 2.05) is 35.7 Å². The molecule has 0 aliphatic carbocycles. The first-order valence-corrected chi connectivity index (χ1v) is 11.8. The van der Waals surface area contributed by atoms with Gasteiger partial charge in [0.25, 0.3) is 0 Å². The molecule has 2 aromatic carbocycles. The lowest BCUT2D eigenvalue weighted by Crippen LogP contribution is -2.14. The molecule has 1 N–H and O–H groups in total. The number of carbonyl (C=O) groups excluding carboxylic acids is 1. The van der Waals surface area contributed by atoms with Crippen molar-refractivity contribution >= 4 is 34.1 Å². The highest BCUT2D eigenvalue weighted by Gasteiger charge is 2.13. The molecule has 31 heavy (non-hydrogen) atoms. The minimum atomic E-state index is -0.152. The number of tetrazole rings is 1. The summed E-state index contributed by atoms with van der Waals surface area (Å²) in [6, 6.07) is 18.0. The van der Waals surface area contributed by atoms with E-state index in [9.17, 15) is 4.79 Å². The predicted octanol–water partition coefficient (Wildman–Crippen LogP) is 4.72. The summed E-state index contributed by atoms with van der Waals surface area (Å²) < 4.78 is 1.61. The van der Waals surface area contributed by atoms with E-state index in [4.69, 9.17) is 0 Å². The molecule has 158 valence electrons. The molecule has 0 aliphatic heterocycles. The Kier molecular flexibility index (Phi) is 6.73. The summed E-state index contributed by atoms with van der Waals surface area (Å²) in [4.78, 5) is 17.0. The lowest BCUT2D eigenvalue weighted by molar-refractivity contribution is -0.113. The second kappa shape index (κ2) is 9.84. The number of thiazole rings is 1. The van der Waals surface area contributed by atoms with Gasteiger partial charge in [0, 0.05) is 10.9 Å². The van der Waals surface area contributed by atoms with Crippen molar-refractivity contribution < 1.29 is 4.79 Å². The summed E-state index contributed by atoms with van der Waals surface area (Å²) in [7, 11) is 0. The first-order valence-electron chi connectivity index (χ1n) is 9.90. The molecule has 0 aliphatic rings. The molecule has 0 saturated carbocycles. The van der Waals surface area contributed by atoms with Gasteiger partial charge in [-0.3, -0.25) is 4.79 Å². The number of rotatable bonds is 8. The number of anilines is 1. The van der Waals surface area contributed by atoms with E-state index in [0.29, 0.717) is 16.2 Å². The number of thioether (sulfide) groups is 1. The molecule has 2 heterocycles. The minimum absolute atomic E-state index is 0.152. The first kappa shape index (κ1) is 21.2. The number of para-hydroxylation sites is 1. The third-order valence-corrected chi connectivity index (χ3v) is 6.10. The van der Waals surface area contributed by atoms with Crippen LogP contribution in [0.1, 0.15) is 19.4 Å². The standard InChI is InChI=1S/C22H22N6OS2/c1-15(2)12-16-8-10-17(11-9-16)19-13-30-21(23-19)24-20(29)14-31-22-25-26-27-28(22)18-6-4-3-5-7-18/h3-11,13,15H,12,14H2,1-2H3,(H,23,24,29). The predicted molar refractivity (Wildman–Crippen MR) is 125 cm³/mol. The molecule has 0 fully saturated rings. The molecule has 4 rings (SSSR count). The maximum absolute atomic E-state index is 12.4. The average Bonchev–Trinajstić information content (AvgIpc) is 3.43. The van der Waals surface area contributed by atoms with Gasteiger partial charge in [-0.15, -0.1) is 16.4 Å². The van der Waals surface area contributed by atoms with Gasteiger partial charge in [0.15, 0.2) is 5.13 Å². The van der Waals surface area contributed by atoms with Gasteiger partial charge in [-0.05, 0) is 40.5 Å². The van der Waals surface area contributed by atoms with Crippen LogP contribution in [0.15, 0.2) is 65.1 Å². The monoisotopic (exact) mass is 450 g/mol. The van der Waals surface area contributed by atoms with E-state index < -0.39 is 0 Å². The van der Waals surface area contributed by atoms with Crippen molar-refractivity contribution in [3.8, 4) is 16.9 Å². The Bertz CT molecular complexity index is 1140. The Morgan fingerprint density at radius 1 is 1.13 bits per heavy atom. The molecule has 2 aromatic heterocycles. The molecule has 0 radical (unpaired) electrons. The number of hydrogen-bond acceptors (Lipinski definition) is 7. The highest BCUT2D eigenvalue weighted by Crippen LogP contribution is 2.26. The van der Waals surface area contributed by atoms with Crippen molar-refractivity contribution in [2.45, 2.75) is 25.4 Å². The number of nitrogens with one attached hydrogen (secondary N) is 1. The summed E-state index contributed by atoms with van der Waals surface area (Å²) in [5.41, 5.74) is 4.06. The molecule has 7 nitrogen and oxygen atoms in total. The third kappa shape index (κ3) is 5.56. The van der Waals surface area contributed by atoms with E-state index >= 15 is 0 Å². The Labute approximate surface area is 188 Å². The molecular weight excluding hydrogens is 428 g/mol. The SMILES string of the molecule is CC(C)Cc1ccc(-c2csc(NC(=O)CSc3nnnn3-c3ccccc3)n2)cc1. The third-order valence-electron chi connectivity index (χ3n) is 4.42. The summed E-state index contributed by atoms with van der Waals surface area (Å²) >= 11 is 2.69. The fourth-order valence-corrected chi connectivity index (χ4v) is 4.46. The largest absolute Gasteiger partial charge is 0.301 e. The zero-order valence-corrected chi connectivity index (χ0v) is 18.9. The van der Waals surface area contributed by atoms with Gasteiger partial charge in [-0.1, -0.05) is 68.1 Å². The van der Waals surface area contributed by atoms with Crippen molar-refractivity contribution in [2.75, 3.05) is 11.1 Å². The van der Waals surface area contributed by atoms with Crippen molar-refractivity contribution in [2.24, 2.45) is 5.92 Å². The highest BCUT2D eigenvalue weighted by atomic mass is 32.2. The number of benzene rings is 2. The Morgan fingerprint density at radius 3 is 2.65 bits per heavy atom. The quantitative estimate of drug-likeness (QED) is 0.391. The average molecular weight is 451 g/mol. The fraction of sp³-hybridized carbons (Fsp3) is 0.227. The van der Waals surface area contributed by atoms with Crippen LogP contribution in [0, 0.1) is 5.92 Å². The van der Waals surface area contributed by atoms with Crippen LogP contribution in [0.3, 0.4) is 0 Å². The topological polar surface area (TPSA) is 85.6 Å². The molecule has 0 atom stereocenters. The number of amides is 1. The summed E-state index contributed by atoms with van der Waals surface area (Å²) in [5.74, 6) is 0.661. The van der Waals surface area contributed by atoms with Crippen molar-refractivity contribution in [1.29, 1.82) is 0 Å². The van der Waals surface area contributed by atoms with Gasteiger partial charge in [-0.2, -0.15) is 4.68 Å². The Morgan fingerprint density at radius 2 is 1.90 bits per heavy atom. The van der Waals surface area contributed by atoms with E-state index in [1.54, 1.807) is 4.68 Å². The fourth-order valence-electron chi connectivity index (χ4n) is 3.03. The zero-order valence-electron chi connectivity index (χ0n) is 17.2. The van der Waals surface area contributed by atoms with E-state index in [0.717, 1.165) is 23.4 Å². The Balaban J connectivity index is 1.34. The van der Waals surface area contributed by atoms with Crippen LogP contribution in [-0.4, -0.2) is 36.9 Å². The van der Waals surface area contributed by atoms with Gasteiger partial charge in [0.1, 0.15) is 0 Å².